The number of hydrogen-bond donors (Lipinski definition) is 1. The van der Waals surface area contributed by atoms with Crippen LogP contribution in [0.4, 0.5) is 10.5 Å². The van der Waals surface area contributed by atoms with Crippen LogP contribution >= 0.6 is 11.6 Å². The molecule has 1 saturated carbocycles. The van der Waals surface area contributed by atoms with Crippen molar-refractivity contribution in [3.05, 3.63) is 28.8 Å². The Morgan fingerprint density at radius 3 is 2.44 bits per heavy atom. The third-order valence-electron chi connectivity index (χ3n) is 6.21. The van der Waals surface area contributed by atoms with Gasteiger partial charge in [-0.05, 0) is 61.6 Å². The number of nitrogens with zero attached hydrogens (tertiary/aromatic N) is 1. The second kappa shape index (κ2) is 8.44. The summed E-state index contributed by atoms with van der Waals surface area (Å²) in [7, 11) is 0. The van der Waals surface area contributed by atoms with Crippen LogP contribution in [0.2, 0.25) is 5.02 Å². The van der Waals surface area contributed by atoms with Gasteiger partial charge in [-0.2, -0.15) is 0 Å². The first-order valence-electron chi connectivity index (χ1n) is 9.84. The number of benzene rings is 1. The molecule has 0 aromatic heterocycles. The summed E-state index contributed by atoms with van der Waals surface area (Å²) >= 11 is 6.14. The van der Waals surface area contributed by atoms with Crippen LogP contribution in [0.3, 0.4) is 0 Å². The Morgan fingerprint density at radius 1 is 1.12 bits per heavy atom. The zero-order chi connectivity index (χ0) is 17.8. The average molecular weight is 363 g/mol. The topological polar surface area (TPSA) is 32.3 Å². The van der Waals surface area contributed by atoms with E-state index in [1.165, 1.54) is 32.1 Å². The van der Waals surface area contributed by atoms with E-state index in [4.69, 9.17) is 11.6 Å². The molecule has 2 amide bonds. The van der Waals surface area contributed by atoms with E-state index in [1.807, 2.05) is 30.0 Å². The molecule has 4 heteroatoms. The Morgan fingerprint density at radius 2 is 1.76 bits per heavy atom. The van der Waals surface area contributed by atoms with Crippen LogP contribution in [0, 0.1) is 24.7 Å². The maximum Gasteiger partial charge on any atom is 0.321 e. The number of amides is 2. The van der Waals surface area contributed by atoms with Crippen molar-refractivity contribution in [2.75, 3.05) is 18.4 Å². The number of urea groups is 1. The summed E-state index contributed by atoms with van der Waals surface area (Å²) in [4.78, 5) is 14.5. The Hall–Kier alpha value is -1.22. The minimum absolute atomic E-state index is 0.00954. The fraction of sp³-hybridized carbons (Fsp3) is 0.667. The third kappa shape index (κ3) is 4.91. The van der Waals surface area contributed by atoms with Gasteiger partial charge in [0.1, 0.15) is 0 Å². The first-order chi connectivity index (χ1) is 12.0. The number of halogens is 1. The lowest BCUT2D eigenvalue weighted by molar-refractivity contribution is 0.162. The van der Waals surface area contributed by atoms with Crippen LogP contribution in [0.25, 0.3) is 0 Å². The van der Waals surface area contributed by atoms with Crippen LogP contribution in [-0.2, 0) is 0 Å². The van der Waals surface area contributed by atoms with Gasteiger partial charge in [-0.15, -0.1) is 0 Å². The largest absolute Gasteiger partial charge is 0.325 e. The summed E-state index contributed by atoms with van der Waals surface area (Å²) in [5, 5.41) is 3.72. The first-order valence-corrected chi connectivity index (χ1v) is 10.2. The fourth-order valence-electron chi connectivity index (χ4n) is 4.35. The Bertz CT molecular complexity index is 588. The van der Waals surface area contributed by atoms with E-state index >= 15 is 0 Å². The monoisotopic (exact) mass is 362 g/mol. The Balaban J connectivity index is 1.45. The van der Waals surface area contributed by atoms with Gasteiger partial charge in [0.2, 0.25) is 0 Å². The molecule has 1 saturated heterocycles. The highest BCUT2D eigenvalue weighted by Gasteiger charge is 2.27. The predicted octanol–water partition coefficient (Wildman–Crippen LogP) is 6.11. The Kier molecular flexibility index (Phi) is 6.27. The number of carbonyl (C=O) groups is 1. The molecule has 0 unspecified atom stereocenters. The van der Waals surface area contributed by atoms with Crippen LogP contribution in [0.15, 0.2) is 18.2 Å². The van der Waals surface area contributed by atoms with Gasteiger partial charge in [0.05, 0.1) is 0 Å². The van der Waals surface area contributed by atoms with E-state index in [9.17, 15) is 4.79 Å². The molecule has 0 bridgehead atoms. The highest BCUT2D eigenvalue weighted by Crippen LogP contribution is 2.35. The standard InChI is InChI=1S/C21H31ClN2O/c1-15-6-8-17(9-7-15)14-18-10-12-24(13-11-18)21(25)23-20-5-3-4-19(22)16(20)2/h3-5,15,17-18H,6-14H2,1-2H3,(H,23,25). The molecule has 1 aliphatic carbocycles. The van der Waals surface area contributed by atoms with E-state index in [0.717, 1.165) is 54.9 Å². The molecule has 1 aromatic rings. The second-order valence-corrected chi connectivity index (χ2v) is 8.54. The summed E-state index contributed by atoms with van der Waals surface area (Å²) < 4.78 is 0. The number of hydrogen-bond acceptors (Lipinski definition) is 1. The van der Waals surface area contributed by atoms with Crippen molar-refractivity contribution in [1.82, 2.24) is 4.90 Å². The van der Waals surface area contributed by atoms with Gasteiger partial charge in [0, 0.05) is 23.8 Å². The highest BCUT2D eigenvalue weighted by molar-refractivity contribution is 6.31. The van der Waals surface area contributed by atoms with Crippen molar-refractivity contribution >= 4 is 23.3 Å². The molecular weight excluding hydrogens is 332 g/mol. The van der Waals surface area contributed by atoms with Crippen molar-refractivity contribution in [3.8, 4) is 0 Å². The summed E-state index contributed by atoms with van der Waals surface area (Å²) in [6.45, 7) is 6.07. The maximum atomic E-state index is 12.5. The van der Waals surface area contributed by atoms with Crippen LogP contribution in [0.5, 0.6) is 0 Å². The SMILES string of the molecule is Cc1c(Cl)cccc1NC(=O)N1CCC(CC2CCC(C)CC2)CC1. The summed E-state index contributed by atoms with van der Waals surface area (Å²) in [5.74, 6) is 2.66. The molecule has 2 aliphatic rings. The molecule has 1 heterocycles. The van der Waals surface area contributed by atoms with E-state index in [2.05, 4.69) is 12.2 Å². The molecule has 0 spiro atoms. The van der Waals surface area contributed by atoms with Gasteiger partial charge < -0.3 is 10.2 Å². The van der Waals surface area contributed by atoms with Gasteiger partial charge in [0.15, 0.2) is 0 Å². The smallest absolute Gasteiger partial charge is 0.321 e. The van der Waals surface area contributed by atoms with Crippen LogP contribution in [-0.4, -0.2) is 24.0 Å². The molecule has 1 aliphatic heterocycles. The number of nitrogens with one attached hydrogen (secondary N) is 1. The van der Waals surface area contributed by atoms with Crippen molar-refractivity contribution in [3.63, 3.8) is 0 Å². The fourth-order valence-corrected chi connectivity index (χ4v) is 4.52. The number of piperidine rings is 1. The van der Waals surface area contributed by atoms with Crippen molar-refractivity contribution in [2.24, 2.45) is 17.8 Å². The Labute approximate surface area is 157 Å². The van der Waals surface area contributed by atoms with Gasteiger partial charge >= 0.3 is 6.03 Å². The minimum Gasteiger partial charge on any atom is -0.325 e. The number of likely N-dealkylation sites (tertiary alicyclic amines) is 1. The molecule has 0 atom stereocenters. The summed E-state index contributed by atoms with van der Waals surface area (Å²) in [6, 6.07) is 5.65. The molecule has 2 fully saturated rings. The van der Waals surface area contributed by atoms with Crippen LogP contribution in [0.1, 0.15) is 57.4 Å². The second-order valence-electron chi connectivity index (χ2n) is 8.13. The summed E-state index contributed by atoms with van der Waals surface area (Å²) in [5.41, 5.74) is 1.75. The van der Waals surface area contributed by atoms with Crippen molar-refractivity contribution < 1.29 is 4.79 Å². The van der Waals surface area contributed by atoms with E-state index in [0.29, 0.717) is 5.02 Å². The van der Waals surface area contributed by atoms with Gasteiger partial charge in [0.25, 0.3) is 0 Å². The predicted molar refractivity (Wildman–Crippen MR) is 105 cm³/mol. The van der Waals surface area contributed by atoms with Gasteiger partial charge in [-0.3, -0.25) is 0 Å². The zero-order valence-corrected chi connectivity index (χ0v) is 16.3. The van der Waals surface area contributed by atoms with Crippen molar-refractivity contribution in [1.29, 1.82) is 0 Å². The van der Waals surface area contributed by atoms with Crippen LogP contribution < -0.4 is 5.32 Å². The molecule has 1 aromatic carbocycles. The molecule has 3 nitrogen and oxygen atoms in total. The lowest BCUT2D eigenvalue weighted by atomic mass is 9.77. The number of anilines is 1. The third-order valence-corrected chi connectivity index (χ3v) is 6.62. The molecule has 3 rings (SSSR count). The lowest BCUT2D eigenvalue weighted by Gasteiger charge is -2.35. The van der Waals surface area contributed by atoms with E-state index in [-0.39, 0.29) is 6.03 Å². The summed E-state index contributed by atoms with van der Waals surface area (Å²) in [6.07, 6.45) is 9.30. The van der Waals surface area contributed by atoms with Crippen molar-refractivity contribution in [2.45, 2.75) is 58.8 Å². The number of carbonyl (C=O) groups excluding carboxylic acids is 1. The van der Waals surface area contributed by atoms with E-state index in [1.54, 1.807) is 0 Å². The number of rotatable bonds is 3. The van der Waals surface area contributed by atoms with Gasteiger partial charge in [-0.1, -0.05) is 50.3 Å². The zero-order valence-electron chi connectivity index (χ0n) is 15.6. The normalized spacial score (nSPS) is 25.0. The van der Waals surface area contributed by atoms with Gasteiger partial charge in [-0.25, -0.2) is 4.79 Å². The molecule has 25 heavy (non-hydrogen) atoms. The minimum atomic E-state index is 0.00954. The maximum absolute atomic E-state index is 12.5. The highest BCUT2D eigenvalue weighted by atomic mass is 35.5. The molecule has 138 valence electrons. The molecule has 0 radical (unpaired) electrons. The average Bonchev–Trinajstić information content (AvgIpc) is 2.61. The quantitative estimate of drug-likeness (QED) is 0.691. The molecular formula is C21H31ClN2O. The first kappa shape index (κ1) is 18.6. The lowest BCUT2D eigenvalue weighted by Crippen LogP contribution is -2.41. The van der Waals surface area contributed by atoms with E-state index < -0.39 is 0 Å². The molecule has 1 N–H and O–H groups in total.